The van der Waals surface area contributed by atoms with Crippen molar-refractivity contribution in [1.29, 1.82) is 0 Å². The molecule has 2 fully saturated rings. The molecule has 0 radical (unpaired) electrons. The van der Waals surface area contributed by atoms with Crippen molar-refractivity contribution >= 4 is 12.1 Å². The van der Waals surface area contributed by atoms with E-state index in [0.717, 1.165) is 12.8 Å². The Morgan fingerprint density at radius 2 is 1.83 bits per heavy atom. The van der Waals surface area contributed by atoms with Gasteiger partial charge in [-0.1, -0.05) is 6.92 Å². The second-order valence-electron chi connectivity index (χ2n) is 4.34. The highest BCUT2D eigenvalue weighted by Crippen LogP contribution is 2.36. The van der Waals surface area contributed by atoms with Gasteiger partial charge in [-0.05, 0) is 0 Å². The minimum atomic E-state index is -4.64. The van der Waals surface area contributed by atoms with E-state index in [2.05, 4.69) is 0 Å². The fraction of sp³-hybridized carbons (Fsp3) is 0.818. The first-order valence-corrected chi connectivity index (χ1v) is 5.62. The zero-order chi connectivity index (χ0) is 13.8. The van der Waals surface area contributed by atoms with Gasteiger partial charge < -0.3 is 9.47 Å². The van der Waals surface area contributed by atoms with Crippen LogP contribution in [0, 0.1) is 5.92 Å². The van der Waals surface area contributed by atoms with E-state index in [9.17, 15) is 18.0 Å². The lowest BCUT2D eigenvalue weighted by Gasteiger charge is -2.33. The number of Topliss-reactive ketones (excluding diaryl/α,β-unsaturated/α-hetero) is 1. The molecular formula is C11H15F3O4. The largest absolute Gasteiger partial charge is 0.446 e. The SMILES string of the molecule is CC1CC2(CCC1=O)OCCO2.O=CC(F)(F)F. The summed E-state index contributed by atoms with van der Waals surface area (Å²) in [4.78, 5) is 19.9. The smallest absolute Gasteiger partial charge is 0.347 e. The van der Waals surface area contributed by atoms with Gasteiger partial charge in [-0.3, -0.25) is 9.59 Å². The molecule has 7 heteroatoms. The summed E-state index contributed by atoms with van der Waals surface area (Å²) < 4.78 is 42.3. The second kappa shape index (κ2) is 5.79. The molecule has 104 valence electrons. The molecule has 1 saturated carbocycles. The van der Waals surface area contributed by atoms with Crippen molar-refractivity contribution in [2.24, 2.45) is 5.92 Å². The van der Waals surface area contributed by atoms with Crippen LogP contribution >= 0.6 is 0 Å². The van der Waals surface area contributed by atoms with E-state index in [1.807, 2.05) is 6.92 Å². The summed E-state index contributed by atoms with van der Waals surface area (Å²) in [5.74, 6) is 0.0597. The van der Waals surface area contributed by atoms with Gasteiger partial charge in [-0.25, -0.2) is 0 Å². The number of carbonyl (C=O) groups excluding carboxylic acids is 2. The van der Waals surface area contributed by atoms with Gasteiger partial charge in [0.1, 0.15) is 5.78 Å². The Kier molecular flexibility index (Phi) is 4.86. The Morgan fingerprint density at radius 3 is 2.22 bits per heavy atom. The molecule has 18 heavy (non-hydrogen) atoms. The summed E-state index contributed by atoms with van der Waals surface area (Å²) in [7, 11) is 0. The highest BCUT2D eigenvalue weighted by Gasteiger charge is 2.42. The molecule has 1 saturated heterocycles. The van der Waals surface area contributed by atoms with Crippen LogP contribution in [0.5, 0.6) is 0 Å². The molecular weight excluding hydrogens is 253 g/mol. The number of halogens is 3. The first-order valence-electron chi connectivity index (χ1n) is 5.62. The van der Waals surface area contributed by atoms with E-state index in [-0.39, 0.29) is 5.92 Å². The highest BCUT2D eigenvalue weighted by molar-refractivity contribution is 5.81. The summed E-state index contributed by atoms with van der Waals surface area (Å²) in [5, 5.41) is 0. The van der Waals surface area contributed by atoms with Gasteiger partial charge in [0.05, 0.1) is 13.2 Å². The molecule has 0 amide bonds. The molecule has 1 spiro atoms. The van der Waals surface area contributed by atoms with Gasteiger partial charge >= 0.3 is 6.18 Å². The van der Waals surface area contributed by atoms with E-state index in [1.54, 1.807) is 0 Å². The molecule has 0 aromatic rings. The summed E-state index contributed by atoms with van der Waals surface area (Å²) in [6.45, 7) is 3.32. The molecule has 0 aromatic heterocycles. The number of ketones is 1. The number of ether oxygens (including phenoxy) is 2. The van der Waals surface area contributed by atoms with E-state index < -0.39 is 18.2 Å². The molecule has 0 N–H and O–H groups in total. The Bertz CT molecular complexity index is 308. The Morgan fingerprint density at radius 1 is 1.33 bits per heavy atom. The highest BCUT2D eigenvalue weighted by atomic mass is 19.4. The summed E-state index contributed by atoms with van der Waals surface area (Å²) >= 11 is 0. The minimum Gasteiger partial charge on any atom is -0.347 e. The maximum atomic E-state index is 11.2. The van der Waals surface area contributed by atoms with E-state index in [4.69, 9.17) is 14.3 Å². The molecule has 1 atom stereocenters. The minimum absolute atomic E-state index is 0.108. The van der Waals surface area contributed by atoms with Crippen LogP contribution in [0.4, 0.5) is 13.2 Å². The molecule has 1 heterocycles. The lowest BCUT2D eigenvalue weighted by molar-refractivity contribution is -0.187. The van der Waals surface area contributed by atoms with Crippen LogP contribution in [-0.2, 0) is 19.1 Å². The third-order valence-corrected chi connectivity index (χ3v) is 2.87. The predicted octanol–water partition coefficient (Wildman–Crippen LogP) is 1.87. The molecule has 1 aliphatic heterocycles. The topological polar surface area (TPSA) is 52.6 Å². The lowest BCUT2D eigenvalue weighted by Crippen LogP contribution is -2.39. The Balaban J connectivity index is 0.000000232. The third-order valence-electron chi connectivity index (χ3n) is 2.87. The normalized spacial score (nSPS) is 26.7. The number of hydrogen-bond acceptors (Lipinski definition) is 4. The molecule has 1 unspecified atom stereocenters. The number of hydrogen-bond donors (Lipinski definition) is 0. The maximum absolute atomic E-state index is 11.2. The quantitative estimate of drug-likeness (QED) is 0.629. The maximum Gasteiger partial charge on any atom is 0.446 e. The van der Waals surface area contributed by atoms with Crippen molar-refractivity contribution in [2.75, 3.05) is 13.2 Å². The van der Waals surface area contributed by atoms with Gasteiger partial charge in [-0.15, -0.1) is 0 Å². The van der Waals surface area contributed by atoms with Gasteiger partial charge in [-0.2, -0.15) is 13.2 Å². The monoisotopic (exact) mass is 268 g/mol. The van der Waals surface area contributed by atoms with E-state index in [0.29, 0.717) is 25.4 Å². The predicted molar refractivity (Wildman–Crippen MR) is 54.8 cm³/mol. The first kappa shape index (κ1) is 15.1. The second-order valence-corrected chi connectivity index (χ2v) is 4.34. The van der Waals surface area contributed by atoms with E-state index in [1.165, 1.54) is 0 Å². The van der Waals surface area contributed by atoms with Crippen LogP contribution < -0.4 is 0 Å². The average Bonchev–Trinajstić information content (AvgIpc) is 2.73. The van der Waals surface area contributed by atoms with Gasteiger partial charge in [0.15, 0.2) is 5.79 Å². The summed E-state index contributed by atoms with van der Waals surface area (Å²) in [5.41, 5.74) is 0. The number of alkyl halides is 3. The van der Waals surface area contributed by atoms with Crippen LogP contribution in [0.2, 0.25) is 0 Å². The van der Waals surface area contributed by atoms with Crippen LogP contribution in [-0.4, -0.2) is 37.2 Å². The first-order chi connectivity index (χ1) is 8.28. The van der Waals surface area contributed by atoms with Gasteiger partial charge in [0.2, 0.25) is 6.29 Å². The number of rotatable bonds is 0. The Hall–Kier alpha value is -0.950. The molecule has 1 aliphatic carbocycles. The average molecular weight is 268 g/mol. The standard InChI is InChI=1S/C9H14O3.C2HF3O/c1-7-6-9(3-2-8(7)10)11-4-5-12-9;3-2(4,5)1-6/h7H,2-6H2,1H3;1H. The van der Waals surface area contributed by atoms with Crippen molar-refractivity contribution < 1.29 is 32.2 Å². The molecule has 2 aliphatic rings. The van der Waals surface area contributed by atoms with Crippen LogP contribution in [0.15, 0.2) is 0 Å². The van der Waals surface area contributed by atoms with Crippen LogP contribution in [0.25, 0.3) is 0 Å². The molecule has 0 aromatic carbocycles. The third kappa shape index (κ3) is 4.38. The molecule has 0 bridgehead atoms. The number of carbonyl (C=O) groups is 2. The van der Waals surface area contributed by atoms with Crippen molar-refractivity contribution in [3.8, 4) is 0 Å². The Labute approximate surface area is 102 Å². The fourth-order valence-corrected chi connectivity index (χ4v) is 2.00. The van der Waals surface area contributed by atoms with Gasteiger partial charge in [0.25, 0.3) is 0 Å². The summed E-state index contributed by atoms with van der Waals surface area (Å²) in [6, 6.07) is 0. The van der Waals surface area contributed by atoms with Crippen molar-refractivity contribution in [2.45, 2.75) is 38.1 Å². The van der Waals surface area contributed by atoms with Crippen LogP contribution in [0.3, 0.4) is 0 Å². The van der Waals surface area contributed by atoms with Crippen LogP contribution in [0.1, 0.15) is 26.2 Å². The lowest BCUT2D eigenvalue weighted by atomic mass is 9.85. The molecule has 4 nitrogen and oxygen atoms in total. The zero-order valence-corrected chi connectivity index (χ0v) is 9.96. The van der Waals surface area contributed by atoms with Crippen molar-refractivity contribution in [3.63, 3.8) is 0 Å². The number of aldehydes is 1. The zero-order valence-electron chi connectivity index (χ0n) is 9.96. The van der Waals surface area contributed by atoms with Crippen molar-refractivity contribution in [3.05, 3.63) is 0 Å². The summed E-state index contributed by atoms with van der Waals surface area (Å²) in [6.07, 6.45) is -3.60. The van der Waals surface area contributed by atoms with Gasteiger partial charge in [0, 0.05) is 25.2 Å². The molecule has 2 rings (SSSR count). The fourth-order valence-electron chi connectivity index (χ4n) is 2.00. The van der Waals surface area contributed by atoms with E-state index >= 15 is 0 Å². The van der Waals surface area contributed by atoms with Crippen molar-refractivity contribution in [1.82, 2.24) is 0 Å².